The molecule has 2 saturated heterocycles. The van der Waals surface area contributed by atoms with Crippen LogP contribution in [-0.4, -0.2) is 47.0 Å². The molecule has 5 nitrogen and oxygen atoms in total. The molecule has 5 heteroatoms. The lowest BCUT2D eigenvalue weighted by molar-refractivity contribution is 0.0642. The highest BCUT2D eigenvalue weighted by molar-refractivity contribution is 5.97. The van der Waals surface area contributed by atoms with Crippen molar-refractivity contribution in [1.82, 2.24) is 20.2 Å². The van der Waals surface area contributed by atoms with Crippen molar-refractivity contribution >= 4 is 16.9 Å². The molecule has 2 aliphatic rings. The molecular formula is C16H18N4O. The summed E-state index contributed by atoms with van der Waals surface area (Å²) in [4.78, 5) is 23.2. The van der Waals surface area contributed by atoms with Crippen molar-refractivity contribution in [2.45, 2.75) is 6.42 Å². The van der Waals surface area contributed by atoms with E-state index in [0.717, 1.165) is 49.6 Å². The van der Waals surface area contributed by atoms with Gasteiger partial charge in [0.15, 0.2) is 0 Å². The van der Waals surface area contributed by atoms with Crippen LogP contribution in [0.2, 0.25) is 0 Å². The van der Waals surface area contributed by atoms with Gasteiger partial charge in [-0.05, 0) is 49.5 Å². The molecule has 2 fully saturated rings. The molecule has 0 spiro atoms. The van der Waals surface area contributed by atoms with Crippen molar-refractivity contribution in [1.29, 1.82) is 0 Å². The van der Waals surface area contributed by atoms with Crippen LogP contribution >= 0.6 is 0 Å². The highest BCUT2D eigenvalue weighted by atomic mass is 16.2. The van der Waals surface area contributed by atoms with E-state index in [-0.39, 0.29) is 5.91 Å². The average Bonchev–Trinajstić information content (AvgIpc) is 3.01. The van der Waals surface area contributed by atoms with Crippen LogP contribution in [0.25, 0.3) is 11.0 Å². The number of fused-ring (bicyclic) bond motifs is 2. The number of piperidine rings is 1. The second kappa shape index (κ2) is 5.07. The summed E-state index contributed by atoms with van der Waals surface area (Å²) in [5.74, 6) is 1.48. The molecule has 1 aromatic heterocycles. The lowest BCUT2D eigenvalue weighted by atomic mass is 9.88. The lowest BCUT2D eigenvalue weighted by Gasteiger charge is -2.34. The summed E-state index contributed by atoms with van der Waals surface area (Å²) in [6, 6.07) is 5.58. The molecule has 2 atom stereocenters. The quantitative estimate of drug-likeness (QED) is 0.857. The molecule has 21 heavy (non-hydrogen) atoms. The Balaban J connectivity index is 1.58. The number of nitrogens with one attached hydrogen (secondary N) is 1. The van der Waals surface area contributed by atoms with E-state index in [1.165, 1.54) is 0 Å². The summed E-state index contributed by atoms with van der Waals surface area (Å²) in [6.07, 6.45) is 4.44. The molecule has 0 aliphatic carbocycles. The second-order valence-corrected chi connectivity index (χ2v) is 5.98. The Bertz CT molecular complexity index is 687. The van der Waals surface area contributed by atoms with Crippen LogP contribution in [0.15, 0.2) is 30.6 Å². The molecule has 1 amide bonds. The third kappa shape index (κ3) is 2.27. The number of nitrogens with zero attached hydrogens (tertiary/aromatic N) is 3. The number of hydrogen-bond acceptors (Lipinski definition) is 4. The number of carbonyl (C=O) groups excluding carboxylic acids is 1. The van der Waals surface area contributed by atoms with Gasteiger partial charge in [-0.3, -0.25) is 14.8 Å². The maximum absolute atomic E-state index is 12.7. The molecule has 2 aliphatic heterocycles. The van der Waals surface area contributed by atoms with E-state index in [1.54, 1.807) is 12.4 Å². The molecule has 2 unspecified atom stereocenters. The van der Waals surface area contributed by atoms with Gasteiger partial charge in [0.05, 0.1) is 11.0 Å². The van der Waals surface area contributed by atoms with E-state index in [1.807, 2.05) is 23.1 Å². The Morgan fingerprint density at radius 2 is 1.95 bits per heavy atom. The van der Waals surface area contributed by atoms with Crippen LogP contribution in [0.4, 0.5) is 0 Å². The summed E-state index contributed by atoms with van der Waals surface area (Å²) < 4.78 is 0. The van der Waals surface area contributed by atoms with Gasteiger partial charge in [-0.2, -0.15) is 0 Å². The minimum absolute atomic E-state index is 0.118. The predicted molar refractivity (Wildman–Crippen MR) is 79.9 cm³/mol. The summed E-state index contributed by atoms with van der Waals surface area (Å²) in [7, 11) is 0. The van der Waals surface area contributed by atoms with Crippen LogP contribution < -0.4 is 5.32 Å². The first kappa shape index (κ1) is 12.7. The fraction of sp³-hybridized carbons (Fsp3) is 0.438. The Kier molecular flexibility index (Phi) is 3.07. The fourth-order valence-electron chi connectivity index (χ4n) is 3.50. The molecule has 108 valence electrons. The zero-order valence-corrected chi connectivity index (χ0v) is 11.8. The van der Waals surface area contributed by atoms with E-state index in [0.29, 0.717) is 11.5 Å². The maximum atomic E-state index is 12.7. The number of likely N-dealkylation sites (tertiary alicyclic amines) is 1. The number of benzene rings is 1. The SMILES string of the molecule is O=C(c1ccc2nccnc2c1)N1CCC2CNCC2C1. The topological polar surface area (TPSA) is 58.1 Å². The van der Waals surface area contributed by atoms with Gasteiger partial charge in [-0.25, -0.2) is 0 Å². The highest BCUT2D eigenvalue weighted by Gasteiger charge is 2.34. The van der Waals surface area contributed by atoms with Gasteiger partial charge in [-0.15, -0.1) is 0 Å². The zero-order chi connectivity index (χ0) is 14.2. The lowest BCUT2D eigenvalue weighted by Crippen LogP contribution is -2.43. The Morgan fingerprint density at radius 1 is 1.14 bits per heavy atom. The first-order valence-electron chi connectivity index (χ1n) is 7.52. The molecule has 3 heterocycles. The van der Waals surface area contributed by atoms with E-state index < -0.39 is 0 Å². The van der Waals surface area contributed by atoms with E-state index >= 15 is 0 Å². The molecule has 0 saturated carbocycles. The van der Waals surface area contributed by atoms with Crippen molar-refractivity contribution < 1.29 is 4.79 Å². The standard InChI is InChI=1S/C16H18N4O/c21-16(20-6-3-12-8-17-9-13(12)10-20)11-1-2-14-15(7-11)19-5-4-18-14/h1-2,4-5,7,12-13,17H,3,6,8-10H2. The molecular weight excluding hydrogens is 264 g/mol. The predicted octanol–water partition coefficient (Wildman–Crippen LogP) is 1.31. The maximum Gasteiger partial charge on any atom is 0.253 e. The highest BCUT2D eigenvalue weighted by Crippen LogP contribution is 2.27. The van der Waals surface area contributed by atoms with Gasteiger partial charge in [0.2, 0.25) is 0 Å². The first-order chi connectivity index (χ1) is 10.3. The molecule has 1 N–H and O–H groups in total. The van der Waals surface area contributed by atoms with Crippen molar-refractivity contribution in [3.63, 3.8) is 0 Å². The number of rotatable bonds is 1. The third-order valence-corrected chi connectivity index (χ3v) is 4.71. The molecule has 0 radical (unpaired) electrons. The van der Waals surface area contributed by atoms with E-state index in [2.05, 4.69) is 15.3 Å². The van der Waals surface area contributed by atoms with E-state index in [9.17, 15) is 4.79 Å². The Hall–Kier alpha value is -2.01. The smallest absolute Gasteiger partial charge is 0.253 e. The molecule has 1 aromatic carbocycles. The molecule has 2 aromatic rings. The summed E-state index contributed by atoms with van der Waals surface area (Å²) in [6.45, 7) is 3.88. The van der Waals surface area contributed by atoms with Gasteiger partial charge in [0.25, 0.3) is 5.91 Å². The minimum Gasteiger partial charge on any atom is -0.338 e. The van der Waals surface area contributed by atoms with Gasteiger partial charge in [0, 0.05) is 31.0 Å². The van der Waals surface area contributed by atoms with E-state index in [4.69, 9.17) is 0 Å². The van der Waals surface area contributed by atoms with Crippen molar-refractivity contribution in [3.8, 4) is 0 Å². The summed E-state index contributed by atoms with van der Waals surface area (Å²) >= 11 is 0. The first-order valence-corrected chi connectivity index (χ1v) is 7.52. The number of hydrogen-bond donors (Lipinski definition) is 1. The zero-order valence-electron chi connectivity index (χ0n) is 11.8. The van der Waals surface area contributed by atoms with Gasteiger partial charge >= 0.3 is 0 Å². The van der Waals surface area contributed by atoms with Gasteiger partial charge < -0.3 is 10.2 Å². The van der Waals surface area contributed by atoms with Crippen molar-refractivity contribution in [2.75, 3.05) is 26.2 Å². The van der Waals surface area contributed by atoms with Crippen LogP contribution in [0.3, 0.4) is 0 Å². The molecule has 0 bridgehead atoms. The monoisotopic (exact) mass is 282 g/mol. The van der Waals surface area contributed by atoms with Gasteiger partial charge in [0.1, 0.15) is 0 Å². The summed E-state index contributed by atoms with van der Waals surface area (Å²) in [5.41, 5.74) is 2.32. The van der Waals surface area contributed by atoms with Crippen LogP contribution in [0.1, 0.15) is 16.8 Å². The minimum atomic E-state index is 0.118. The second-order valence-electron chi connectivity index (χ2n) is 5.98. The third-order valence-electron chi connectivity index (χ3n) is 4.71. The van der Waals surface area contributed by atoms with Crippen LogP contribution in [-0.2, 0) is 0 Å². The largest absolute Gasteiger partial charge is 0.338 e. The normalized spacial score (nSPS) is 25.0. The van der Waals surface area contributed by atoms with Crippen molar-refractivity contribution in [2.24, 2.45) is 11.8 Å². The number of carbonyl (C=O) groups is 1. The average molecular weight is 282 g/mol. The van der Waals surface area contributed by atoms with Crippen LogP contribution in [0, 0.1) is 11.8 Å². The summed E-state index contributed by atoms with van der Waals surface area (Å²) in [5, 5.41) is 3.43. The molecule has 4 rings (SSSR count). The Labute approximate surface area is 123 Å². The van der Waals surface area contributed by atoms with Crippen LogP contribution in [0.5, 0.6) is 0 Å². The fourth-order valence-corrected chi connectivity index (χ4v) is 3.50. The number of aromatic nitrogens is 2. The Morgan fingerprint density at radius 3 is 2.86 bits per heavy atom. The van der Waals surface area contributed by atoms with Crippen molar-refractivity contribution in [3.05, 3.63) is 36.2 Å². The van der Waals surface area contributed by atoms with Gasteiger partial charge in [-0.1, -0.05) is 0 Å². The number of amides is 1.